The minimum atomic E-state index is -0.984. The lowest BCUT2D eigenvalue weighted by Gasteiger charge is -2.31. The molecule has 2 aromatic rings. The average molecular weight is 380 g/mol. The number of carbonyl (C=O) groups is 3. The molecule has 0 heterocycles. The van der Waals surface area contributed by atoms with E-state index in [1.54, 1.807) is 19.1 Å². The van der Waals surface area contributed by atoms with Crippen molar-refractivity contribution in [2.24, 2.45) is 5.92 Å². The van der Waals surface area contributed by atoms with Crippen molar-refractivity contribution in [1.29, 1.82) is 0 Å². The smallest absolute Gasteiger partial charge is 0.198 e. The lowest BCUT2D eigenvalue weighted by Crippen LogP contribution is -2.28. The summed E-state index contributed by atoms with van der Waals surface area (Å²) in [6, 6.07) is 6.22. The number of benzene rings is 2. The molecule has 0 aromatic heterocycles. The van der Waals surface area contributed by atoms with Crippen LogP contribution in [0, 0.1) is 5.92 Å². The highest BCUT2D eigenvalue weighted by atomic mass is 16.5. The fraction of sp³-hybridized carbons (Fsp3) is 0.318. The second kappa shape index (κ2) is 6.56. The molecule has 2 N–H and O–H groups in total. The lowest BCUT2D eigenvalue weighted by atomic mass is 9.74. The number of phenolic OH excluding ortho intramolecular Hbond substituents is 1. The van der Waals surface area contributed by atoms with Crippen LogP contribution in [0.15, 0.2) is 24.3 Å². The summed E-state index contributed by atoms with van der Waals surface area (Å²) < 4.78 is 5.24. The quantitative estimate of drug-likeness (QED) is 0.725. The Bertz CT molecular complexity index is 1040. The van der Waals surface area contributed by atoms with Gasteiger partial charge in [-0.1, -0.05) is 19.1 Å². The largest absolute Gasteiger partial charge is 0.507 e. The van der Waals surface area contributed by atoms with Gasteiger partial charge in [0, 0.05) is 29.0 Å². The van der Waals surface area contributed by atoms with Crippen LogP contribution in [0.3, 0.4) is 0 Å². The average Bonchev–Trinajstić information content (AvgIpc) is 2.71. The summed E-state index contributed by atoms with van der Waals surface area (Å²) in [4.78, 5) is 38.3. The number of hydrogen-bond donors (Lipinski definition) is 2. The summed E-state index contributed by atoms with van der Waals surface area (Å²) in [5, 5.41) is 21.5. The van der Waals surface area contributed by atoms with Crippen LogP contribution in [0.4, 0.5) is 0 Å². The van der Waals surface area contributed by atoms with Crippen LogP contribution < -0.4 is 4.74 Å². The molecule has 144 valence electrons. The third-order valence-corrected chi connectivity index (χ3v) is 5.75. The third kappa shape index (κ3) is 2.48. The van der Waals surface area contributed by atoms with Crippen molar-refractivity contribution in [3.8, 4) is 11.5 Å². The van der Waals surface area contributed by atoms with Crippen LogP contribution in [0.5, 0.6) is 11.5 Å². The number of aliphatic hydroxyl groups is 1. The second-order valence-corrected chi connectivity index (χ2v) is 7.23. The van der Waals surface area contributed by atoms with Crippen molar-refractivity contribution in [3.05, 3.63) is 57.6 Å². The molecular formula is C22H20O6. The molecule has 0 saturated heterocycles. The van der Waals surface area contributed by atoms with Crippen molar-refractivity contribution in [1.82, 2.24) is 0 Å². The Hall–Kier alpha value is -2.99. The molecule has 2 aliphatic carbocycles. The van der Waals surface area contributed by atoms with Crippen molar-refractivity contribution in [2.45, 2.75) is 32.3 Å². The van der Waals surface area contributed by atoms with Crippen molar-refractivity contribution < 1.29 is 29.3 Å². The number of phenols is 1. The maximum absolute atomic E-state index is 13.1. The summed E-state index contributed by atoms with van der Waals surface area (Å²) in [6.07, 6.45) is -0.171. The number of ether oxygens (including phenoxy) is 1. The van der Waals surface area contributed by atoms with Gasteiger partial charge in [-0.15, -0.1) is 0 Å². The molecule has 0 bridgehead atoms. The van der Waals surface area contributed by atoms with Crippen LogP contribution in [-0.4, -0.2) is 34.7 Å². The number of rotatable bonds is 3. The molecule has 2 atom stereocenters. The van der Waals surface area contributed by atoms with Crippen LogP contribution in [0.25, 0.3) is 0 Å². The van der Waals surface area contributed by atoms with E-state index in [2.05, 4.69) is 0 Å². The Labute approximate surface area is 161 Å². The molecule has 0 amide bonds. The van der Waals surface area contributed by atoms with E-state index in [4.69, 9.17) is 4.74 Å². The van der Waals surface area contributed by atoms with Gasteiger partial charge in [0.2, 0.25) is 0 Å². The van der Waals surface area contributed by atoms with E-state index in [-0.39, 0.29) is 52.4 Å². The highest BCUT2D eigenvalue weighted by Gasteiger charge is 2.39. The molecule has 2 aliphatic rings. The highest BCUT2D eigenvalue weighted by Crippen LogP contribution is 2.45. The lowest BCUT2D eigenvalue weighted by molar-refractivity contribution is -0.123. The molecule has 4 rings (SSSR count). The molecule has 0 fully saturated rings. The van der Waals surface area contributed by atoms with Gasteiger partial charge in [0.1, 0.15) is 17.3 Å². The van der Waals surface area contributed by atoms with Crippen LogP contribution in [-0.2, 0) is 11.2 Å². The highest BCUT2D eigenvalue weighted by molar-refractivity contribution is 6.30. The van der Waals surface area contributed by atoms with Crippen LogP contribution in [0.1, 0.15) is 68.8 Å². The number of fused-ring (bicyclic) bond motifs is 3. The first-order valence-corrected chi connectivity index (χ1v) is 9.24. The predicted octanol–water partition coefficient (Wildman–Crippen LogP) is 2.75. The number of aliphatic hydroxyl groups excluding tert-OH is 1. The Kier molecular flexibility index (Phi) is 4.31. The van der Waals surface area contributed by atoms with Gasteiger partial charge < -0.3 is 14.9 Å². The Morgan fingerprint density at radius 3 is 2.57 bits per heavy atom. The minimum Gasteiger partial charge on any atom is -0.507 e. The van der Waals surface area contributed by atoms with E-state index in [1.807, 2.05) is 0 Å². The van der Waals surface area contributed by atoms with Gasteiger partial charge in [0.05, 0.1) is 24.3 Å². The number of Topliss-reactive ketones (excluding diaryl/α,β-unsaturated/α-hetero) is 1. The SMILES string of the molecule is CCC(=O)C1Cc2c(cc3c(c2O)C(=O)c2cccc(OC)c2C3=O)C(O)C1. The van der Waals surface area contributed by atoms with Gasteiger partial charge >= 0.3 is 0 Å². The van der Waals surface area contributed by atoms with Crippen LogP contribution in [0.2, 0.25) is 0 Å². The first-order valence-electron chi connectivity index (χ1n) is 9.24. The number of methoxy groups -OCH3 is 1. The third-order valence-electron chi connectivity index (χ3n) is 5.75. The number of aromatic hydroxyl groups is 1. The maximum Gasteiger partial charge on any atom is 0.198 e. The standard InChI is InChI=1S/C22H20O6/c1-3-15(23)10-7-13-12(16(24)8-10)9-14-19(21(13)26)20(25)11-5-4-6-17(28-2)18(11)22(14)27/h4-6,9-10,16,24,26H,3,7-8H2,1-2H3. The zero-order valence-electron chi connectivity index (χ0n) is 15.6. The summed E-state index contributed by atoms with van der Waals surface area (Å²) in [7, 11) is 1.42. The summed E-state index contributed by atoms with van der Waals surface area (Å²) in [5.74, 6) is -1.35. The normalized spacial score (nSPS) is 20.2. The molecule has 2 aromatic carbocycles. The molecule has 0 spiro atoms. The maximum atomic E-state index is 13.1. The van der Waals surface area contributed by atoms with Gasteiger partial charge in [-0.2, -0.15) is 0 Å². The Morgan fingerprint density at radius 2 is 1.89 bits per heavy atom. The van der Waals surface area contributed by atoms with E-state index in [0.717, 1.165) is 0 Å². The van der Waals surface area contributed by atoms with E-state index >= 15 is 0 Å². The van der Waals surface area contributed by atoms with Gasteiger partial charge in [0.25, 0.3) is 0 Å². The van der Waals surface area contributed by atoms with Gasteiger partial charge in [-0.25, -0.2) is 0 Å². The zero-order valence-corrected chi connectivity index (χ0v) is 15.6. The van der Waals surface area contributed by atoms with Gasteiger partial charge in [-0.05, 0) is 30.5 Å². The Balaban J connectivity index is 1.92. The van der Waals surface area contributed by atoms with Crippen molar-refractivity contribution >= 4 is 17.3 Å². The first kappa shape index (κ1) is 18.4. The second-order valence-electron chi connectivity index (χ2n) is 7.23. The van der Waals surface area contributed by atoms with Crippen LogP contribution >= 0.6 is 0 Å². The molecule has 0 radical (unpaired) electrons. The fourth-order valence-corrected chi connectivity index (χ4v) is 4.30. The first-order chi connectivity index (χ1) is 13.4. The Morgan fingerprint density at radius 1 is 1.18 bits per heavy atom. The molecule has 6 nitrogen and oxygen atoms in total. The van der Waals surface area contributed by atoms with Gasteiger partial charge in [-0.3, -0.25) is 14.4 Å². The number of carbonyl (C=O) groups excluding carboxylic acids is 3. The number of ketones is 3. The monoisotopic (exact) mass is 380 g/mol. The zero-order chi connectivity index (χ0) is 20.2. The molecule has 6 heteroatoms. The minimum absolute atomic E-state index is 0.000643. The summed E-state index contributed by atoms with van der Waals surface area (Å²) in [6.45, 7) is 1.75. The topological polar surface area (TPSA) is 101 Å². The van der Waals surface area contributed by atoms with Crippen molar-refractivity contribution in [3.63, 3.8) is 0 Å². The van der Waals surface area contributed by atoms with Crippen molar-refractivity contribution in [2.75, 3.05) is 7.11 Å². The molecule has 2 unspecified atom stereocenters. The summed E-state index contributed by atoms with van der Waals surface area (Å²) >= 11 is 0. The predicted molar refractivity (Wildman–Crippen MR) is 100 cm³/mol. The van der Waals surface area contributed by atoms with E-state index in [9.17, 15) is 24.6 Å². The van der Waals surface area contributed by atoms with E-state index in [0.29, 0.717) is 17.5 Å². The van der Waals surface area contributed by atoms with Gasteiger partial charge in [0.15, 0.2) is 11.6 Å². The molecule has 0 aliphatic heterocycles. The molecule has 0 saturated carbocycles. The number of hydrogen-bond acceptors (Lipinski definition) is 6. The fourth-order valence-electron chi connectivity index (χ4n) is 4.30. The summed E-state index contributed by atoms with van der Waals surface area (Å²) in [5.41, 5.74) is 1.09. The van der Waals surface area contributed by atoms with E-state index in [1.165, 1.54) is 19.2 Å². The molecule has 28 heavy (non-hydrogen) atoms. The molecular weight excluding hydrogens is 360 g/mol. The van der Waals surface area contributed by atoms with E-state index < -0.39 is 23.6 Å².